The fraction of sp³-hybridized carbons (Fsp3) is 0.438. The maximum absolute atomic E-state index is 11.7. The van der Waals surface area contributed by atoms with Crippen LogP contribution >= 0.6 is 0 Å². The summed E-state index contributed by atoms with van der Waals surface area (Å²) in [5.74, 6) is 4.40. The van der Waals surface area contributed by atoms with Gasteiger partial charge in [0.05, 0.1) is 52.1 Å². The van der Waals surface area contributed by atoms with Gasteiger partial charge in [0.15, 0.2) is 23.0 Å². The van der Waals surface area contributed by atoms with E-state index in [0.29, 0.717) is 72.4 Å². The number of hydrogen-bond donors (Lipinski definition) is 4. The van der Waals surface area contributed by atoms with Crippen molar-refractivity contribution in [3.8, 4) is 45.8 Å². The van der Waals surface area contributed by atoms with E-state index in [1.165, 1.54) is 46.0 Å². The summed E-state index contributed by atoms with van der Waals surface area (Å²) in [4.78, 5) is 36.8. The highest BCUT2D eigenvalue weighted by atomic mass is 16.5. The number of nitrogens with one attached hydrogen (secondary N) is 2. The number of carbonyl (C=O) groups is 2. The monoisotopic (exact) mass is 903 g/mol. The van der Waals surface area contributed by atoms with Crippen molar-refractivity contribution in [3.63, 3.8) is 0 Å². The Kier molecular flexibility index (Phi) is 13.9. The van der Waals surface area contributed by atoms with Crippen molar-refractivity contribution in [1.29, 1.82) is 0 Å². The molecule has 66 heavy (non-hydrogen) atoms. The van der Waals surface area contributed by atoms with Crippen LogP contribution in [0.3, 0.4) is 0 Å². The topological polar surface area (TPSA) is 203 Å². The summed E-state index contributed by atoms with van der Waals surface area (Å²) in [7, 11) is 4.79. The number of carbonyl (C=O) groups excluding carboxylic acids is 2. The van der Waals surface area contributed by atoms with E-state index >= 15 is 0 Å². The second-order valence-electron chi connectivity index (χ2n) is 17.3. The van der Waals surface area contributed by atoms with Gasteiger partial charge in [-0.3, -0.25) is 9.59 Å². The third-order valence-corrected chi connectivity index (χ3v) is 12.5. The number of hydrogen-bond acceptors (Lipinski definition) is 13. The molecule has 0 radical (unpaired) electrons. The van der Waals surface area contributed by atoms with Gasteiger partial charge in [0.25, 0.3) is 0 Å². The molecule has 5 heterocycles. The van der Waals surface area contributed by atoms with Crippen molar-refractivity contribution < 1.29 is 48.1 Å². The zero-order valence-electron chi connectivity index (χ0n) is 38.4. The summed E-state index contributed by atoms with van der Waals surface area (Å²) in [5, 5.41) is 23.5. The molecular formula is C48H58BN7O10. The number of amides is 2. The molecule has 2 aliphatic heterocycles. The van der Waals surface area contributed by atoms with Crippen LogP contribution in [0.1, 0.15) is 70.2 Å². The largest absolute Gasteiger partial charge is 0.493 e. The zero-order valence-corrected chi connectivity index (χ0v) is 38.4. The van der Waals surface area contributed by atoms with Gasteiger partial charge in [0, 0.05) is 55.5 Å². The Morgan fingerprint density at radius 2 is 1.15 bits per heavy atom. The van der Waals surface area contributed by atoms with Crippen LogP contribution in [0.5, 0.6) is 34.6 Å². The molecule has 0 bridgehead atoms. The smallest absolute Gasteiger partial charge is 0.488 e. The molecular weight excluding hydrogens is 845 g/mol. The Morgan fingerprint density at radius 3 is 1.68 bits per heavy atom. The second-order valence-corrected chi connectivity index (χ2v) is 17.3. The van der Waals surface area contributed by atoms with Crippen LogP contribution in [0.4, 0.5) is 0 Å². The lowest BCUT2D eigenvalue weighted by atomic mass is 9.80. The van der Waals surface area contributed by atoms with Crippen LogP contribution in [0, 0.1) is 18.8 Å². The van der Waals surface area contributed by atoms with E-state index in [0.717, 1.165) is 44.6 Å². The number of aromatic nitrogens is 5. The van der Waals surface area contributed by atoms with Gasteiger partial charge in [0.2, 0.25) is 17.7 Å². The molecule has 4 aliphatic rings. The number of ether oxygens (including phenoxy) is 6. The predicted molar refractivity (Wildman–Crippen MR) is 249 cm³/mol. The molecule has 3 aromatic heterocycles. The highest BCUT2D eigenvalue weighted by Crippen LogP contribution is 2.43. The van der Waals surface area contributed by atoms with Gasteiger partial charge in [0.1, 0.15) is 29.0 Å². The maximum atomic E-state index is 11.7. The van der Waals surface area contributed by atoms with Gasteiger partial charge in [-0.05, 0) is 106 Å². The summed E-state index contributed by atoms with van der Waals surface area (Å²) >= 11 is 0. The molecule has 17 nitrogen and oxygen atoms in total. The summed E-state index contributed by atoms with van der Waals surface area (Å²) in [6.07, 6.45) is 9.40. The van der Waals surface area contributed by atoms with Crippen molar-refractivity contribution in [2.24, 2.45) is 11.8 Å². The predicted octanol–water partition coefficient (Wildman–Crippen LogP) is 5.32. The van der Waals surface area contributed by atoms with Crippen molar-refractivity contribution in [2.45, 2.75) is 83.6 Å². The van der Waals surface area contributed by atoms with Crippen molar-refractivity contribution >= 4 is 46.5 Å². The number of aryl methyl sites for hydroxylation is 1. The first kappa shape index (κ1) is 46.0. The highest BCUT2D eigenvalue weighted by Gasteiger charge is 2.33. The van der Waals surface area contributed by atoms with E-state index in [4.69, 9.17) is 38.5 Å². The fourth-order valence-electron chi connectivity index (χ4n) is 8.39. The van der Waals surface area contributed by atoms with E-state index < -0.39 is 7.12 Å². The van der Waals surface area contributed by atoms with Crippen molar-refractivity contribution in [1.82, 2.24) is 34.7 Å². The van der Waals surface area contributed by atoms with Crippen LogP contribution in [-0.4, -0.2) is 107 Å². The Bertz CT molecular complexity index is 2700. The standard InChI is InChI=1S/C24H27N3O4.C16H20N4O2.C8H11BO4/c1-14(17-11-23(28)25-12-17)31-22-10-16(15-4-7-20(29-2)21(9-15)30-3)8-19-24(22)27(13-26-19)18-5-6-18;1-9-5-13-15(20(8-18-13)12-3-4-12)16(19-9)22-10(2)11-6-14(21)17-7-11;1-12-7-4-3-6(9(10)11)5-8(7)13-2/h4,7-10,13-14,17-18H,5-6,11-12H2,1-3H3,(H,25,28);5,8,10-12H,3-4,6-7H2,1-2H3,(H,17,21);3-5,10-11H,1-2H3/t14-,17-;10-,11-;/m11./s1. The number of nitrogens with zero attached hydrogens (tertiary/aromatic N) is 5. The lowest BCUT2D eigenvalue weighted by Gasteiger charge is -2.21. The third kappa shape index (κ3) is 10.3. The number of imidazole rings is 2. The zero-order chi connectivity index (χ0) is 46.6. The minimum Gasteiger partial charge on any atom is -0.493 e. The number of pyridine rings is 1. The molecule has 2 amide bonds. The van der Waals surface area contributed by atoms with E-state index in [1.54, 1.807) is 26.4 Å². The van der Waals surface area contributed by atoms with Gasteiger partial charge in [-0.1, -0.05) is 12.1 Å². The summed E-state index contributed by atoms with van der Waals surface area (Å²) in [6.45, 7) is 7.33. The van der Waals surface area contributed by atoms with Crippen LogP contribution in [0.25, 0.3) is 33.2 Å². The van der Waals surface area contributed by atoms with Crippen molar-refractivity contribution in [2.75, 3.05) is 41.5 Å². The average Bonchev–Trinajstić information content (AvgIpc) is 4.15. The molecule has 0 unspecified atom stereocenters. The first-order valence-electron chi connectivity index (χ1n) is 22.4. The molecule has 2 aliphatic carbocycles. The van der Waals surface area contributed by atoms with Gasteiger partial charge >= 0.3 is 7.12 Å². The van der Waals surface area contributed by atoms with Crippen LogP contribution in [0.15, 0.2) is 67.3 Å². The van der Waals surface area contributed by atoms with E-state index in [2.05, 4.69) is 46.9 Å². The van der Waals surface area contributed by atoms with Gasteiger partial charge in [-0.2, -0.15) is 0 Å². The summed E-state index contributed by atoms with van der Waals surface area (Å²) in [5.41, 5.74) is 7.11. The molecule has 6 aromatic rings. The normalized spacial score (nSPS) is 18.6. The Labute approximate surface area is 383 Å². The number of fused-ring (bicyclic) bond motifs is 2. The second kappa shape index (κ2) is 19.9. The van der Waals surface area contributed by atoms with Crippen LogP contribution in [0.2, 0.25) is 0 Å². The van der Waals surface area contributed by atoms with Crippen LogP contribution < -0.4 is 44.5 Å². The minimum absolute atomic E-state index is 0.0565. The first-order valence-corrected chi connectivity index (χ1v) is 22.4. The van der Waals surface area contributed by atoms with Gasteiger partial charge < -0.3 is 58.2 Å². The van der Waals surface area contributed by atoms with E-state index in [1.807, 2.05) is 57.7 Å². The molecule has 18 heteroatoms. The maximum Gasteiger partial charge on any atom is 0.488 e. The SMILES string of the molecule is COc1ccc(-c2cc(O[C@H](C)[C@H]3CNC(=O)C3)c3c(c2)ncn3C2CC2)cc1OC.COc1ccc(B(O)O)cc1OC.Cc1cc2ncn(C3CC3)c2c(O[C@H](C)[C@H]2CNC(=O)C2)n1. The lowest BCUT2D eigenvalue weighted by Crippen LogP contribution is -2.29. The minimum atomic E-state index is -1.49. The molecule has 4 atom stereocenters. The molecule has 4 fully saturated rings. The first-order chi connectivity index (χ1) is 31.9. The molecule has 4 N–H and O–H groups in total. The quantitative estimate of drug-likeness (QED) is 0.102. The lowest BCUT2D eigenvalue weighted by molar-refractivity contribution is -0.120. The van der Waals surface area contributed by atoms with Crippen LogP contribution in [-0.2, 0) is 9.59 Å². The summed E-state index contributed by atoms with van der Waals surface area (Å²) in [6, 6.07) is 17.7. The van der Waals surface area contributed by atoms with Gasteiger partial charge in [-0.25, -0.2) is 15.0 Å². The Balaban J connectivity index is 0.000000147. The van der Waals surface area contributed by atoms with Crippen molar-refractivity contribution in [3.05, 3.63) is 72.9 Å². The van der Waals surface area contributed by atoms with Gasteiger partial charge in [-0.15, -0.1) is 0 Å². The fourth-order valence-corrected chi connectivity index (χ4v) is 8.39. The molecule has 2 saturated carbocycles. The Hall–Kier alpha value is -6.53. The molecule has 10 rings (SSSR count). The molecule has 348 valence electrons. The number of benzene rings is 3. The molecule has 2 saturated heterocycles. The Morgan fingerprint density at radius 1 is 0.636 bits per heavy atom. The number of rotatable bonds is 14. The highest BCUT2D eigenvalue weighted by molar-refractivity contribution is 6.58. The average molecular weight is 904 g/mol. The van der Waals surface area contributed by atoms with E-state index in [9.17, 15) is 9.59 Å². The number of methoxy groups -OCH3 is 4. The third-order valence-electron chi connectivity index (χ3n) is 12.5. The van der Waals surface area contributed by atoms with E-state index in [-0.39, 0.29) is 35.9 Å². The molecule has 0 spiro atoms. The molecule has 3 aromatic carbocycles. The summed E-state index contributed by atoms with van der Waals surface area (Å²) < 4.78 is 37.9.